The highest BCUT2D eigenvalue weighted by Crippen LogP contribution is 2.25. The summed E-state index contributed by atoms with van der Waals surface area (Å²) >= 11 is 0. The molecule has 32 heavy (non-hydrogen) atoms. The number of methoxy groups -OCH3 is 1. The van der Waals surface area contributed by atoms with Crippen LogP contribution in [0.25, 0.3) is 0 Å². The molecule has 3 rings (SSSR count). The maximum Gasteiger partial charge on any atom is 0.291 e. The second kappa shape index (κ2) is 10.6. The van der Waals surface area contributed by atoms with Crippen molar-refractivity contribution in [3.8, 4) is 0 Å². The van der Waals surface area contributed by atoms with Crippen molar-refractivity contribution in [1.82, 2.24) is 4.90 Å². The molecule has 1 N–H and O–H groups in total. The molecule has 0 aliphatic carbocycles. The monoisotopic (exact) mass is 435 g/mol. The quantitative estimate of drug-likeness (QED) is 0.545. The first kappa shape index (κ1) is 23.1. The molecular weight excluding hydrogens is 406 g/mol. The third kappa shape index (κ3) is 5.76. The molecule has 168 valence electrons. The number of anilines is 2. The molecule has 1 heterocycles. The minimum Gasteiger partial charge on any atom is -0.459 e. The van der Waals surface area contributed by atoms with Gasteiger partial charge in [0.15, 0.2) is 5.76 Å². The van der Waals surface area contributed by atoms with Gasteiger partial charge in [-0.1, -0.05) is 17.7 Å². The van der Waals surface area contributed by atoms with Crippen molar-refractivity contribution in [2.24, 2.45) is 0 Å². The highest BCUT2D eigenvalue weighted by molar-refractivity contribution is 6.02. The van der Waals surface area contributed by atoms with E-state index in [4.69, 9.17) is 9.15 Å². The molecule has 2 amide bonds. The van der Waals surface area contributed by atoms with E-state index in [0.717, 1.165) is 16.8 Å². The Morgan fingerprint density at radius 1 is 1.06 bits per heavy atom. The molecule has 0 saturated heterocycles. The van der Waals surface area contributed by atoms with E-state index in [1.165, 1.54) is 6.26 Å². The first-order valence-corrected chi connectivity index (χ1v) is 10.4. The summed E-state index contributed by atoms with van der Waals surface area (Å²) in [5, 5.41) is 2.86. The fourth-order valence-electron chi connectivity index (χ4n) is 3.45. The van der Waals surface area contributed by atoms with Crippen LogP contribution in [-0.4, -0.2) is 51.1 Å². The van der Waals surface area contributed by atoms with Crippen LogP contribution in [0.4, 0.5) is 11.4 Å². The van der Waals surface area contributed by atoms with Crippen molar-refractivity contribution in [3.63, 3.8) is 0 Å². The third-order valence-electron chi connectivity index (χ3n) is 5.04. The standard InChI is InChI=1S/C25H29N3O4/c1-18-7-5-8-19(15-18)25(30)28(12-14-31-4)17-20-16-21(10-11-22(20)27(2)3)26-24(29)23-9-6-13-32-23/h5-11,13,15-16H,12,14,17H2,1-4H3,(H,26,29). The first-order valence-electron chi connectivity index (χ1n) is 10.4. The Morgan fingerprint density at radius 3 is 2.53 bits per heavy atom. The summed E-state index contributed by atoms with van der Waals surface area (Å²) in [4.78, 5) is 29.4. The number of amides is 2. The van der Waals surface area contributed by atoms with E-state index in [2.05, 4.69) is 5.32 Å². The van der Waals surface area contributed by atoms with Gasteiger partial charge in [-0.25, -0.2) is 0 Å². The number of rotatable bonds is 9. The van der Waals surface area contributed by atoms with Crippen LogP contribution < -0.4 is 10.2 Å². The molecule has 0 bridgehead atoms. The average Bonchev–Trinajstić information content (AvgIpc) is 3.31. The molecular formula is C25H29N3O4. The van der Waals surface area contributed by atoms with Gasteiger partial charge in [0, 0.05) is 51.2 Å². The van der Waals surface area contributed by atoms with Gasteiger partial charge >= 0.3 is 0 Å². The minimum atomic E-state index is -0.328. The second-order valence-corrected chi connectivity index (χ2v) is 7.76. The number of nitrogens with zero attached hydrogens (tertiary/aromatic N) is 2. The van der Waals surface area contributed by atoms with Crippen LogP contribution in [0.5, 0.6) is 0 Å². The molecule has 1 aromatic heterocycles. The van der Waals surface area contributed by atoms with Crippen molar-refractivity contribution < 1.29 is 18.7 Å². The number of benzene rings is 2. The van der Waals surface area contributed by atoms with Gasteiger partial charge < -0.3 is 24.3 Å². The van der Waals surface area contributed by atoms with Crippen molar-refractivity contribution in [3.05, 3.63) is 83.3 Å². The molecule has 0 radical (unpaired) electrons. The van der Waals surface area contributed by atoms with E-state index >= 15 is 0 Å². The lowest BCUT2D eigenvalue weighted by molar-refractivity contribution is 0.0680. The molecule has 3 aromatic rings. The van der Waals surface area contributed by atoms with Crippen molar-refractivity contribution in [2.75, 3.05) is 44.6 Å². The van der Waals surface area contributed by atoms with Crippen LogP contribution in [0, 0.1) is 6.92 Å². The number of furan rings is 1. The topological polar surface area (TPSA) is 75.0 Å². The van der Waals surface area contributed by atoms with Crippen LogP contribution >= 0.6 is 0 Å². The van der Waals surface area contributed by atoms with E-state index in [0.29, 0.717) is 30.9 Å². The Labute approximate surface area is 188 Å². The third-order valence-corrected chi connectivity index (χ3v) is 5.04. The molecule has 7 nitrogen and oxygen atoms in total. The largest absolute Gasteiger partial charge is 0.459 e. The summed E-state index contributed by atoms with van der Waals surface area (Å²) in [5.74, 6) is -0.161. The fourth-order valence-corrected chi connectivity index (χ4v) is 3.45. The van der Waals surface area contributed by atoms with Gasteiger partial charge in [0.05, 0.1) is 12.9 Å². The lowest BCUT2D eigenvalue weighted by Crippen LogP contribution is -2.34. The number of hydrogen-bond donors (Lipinski definition) is 1. The highest BCUT2D eigenvalue weighted by atomic mass is 16.5. The lowest BCUT2D eigenvalue weighted by atomic mass is 10.1. The van der Waals surface area contributed by atoms with Gasteiger partial charge in [-0.2, -0.15) is 0 Å². The smallest absolute Gasteiger partial charge is 0.291 e. The summed E-state index contributed by atoms with van der Waals surface area (Å²) in [6.07, 6.45) is 1.46. The normalized spacial score (nSPS) is 10.6. The summed E-state index contributed by atoms with van der Waals surface area (Å²) in [6.45, 7) is 3.20. The zero-order valence-corrected chi connectivity index (χ0v) is 18.9. The van der Waals surface area contributed by atoms with Gasteiger partial charge in [0.1, 0.15) is 0 Å². The van der Waals surface area contributed by atoms with E-state index in [9.17, 15) is 9.59 Å². The number of ether oxygens (including phenoxy) is 1. The maximum absolute atomic E-state index is 13.3. The number of carbonyl (C=O) groups excluding carboxylic acids is 2. The Kier molecular flexibility index (Phi) is 7.68. The van der Waals surface area contributed by atoms with E-state index in [1.807, 2.05) is 68.4 Å². The molecule has 0 spiro atoms. The van der Waals surface area contributed by atoms with Crippen LogP contribution in [0.3, 0.4) is 0 Å². The van der Waals surface area contributed by atoms with Crippen molar-refractivity contribution in [1.29, 1.82) is 0 Å². The summed E-state index contributed by atoms with van der Waals surface area (Å²) in [5.41, 5.74) is 4.15. The van der Waals surface area contributed by atoms with E-state index < -0.39 is 0 Å². The average molecular weight is 436 g/mol. The highest BCUT2D eigenvalue weighted by Gasteiger charge is 2.19. The predicted molar refractivity (Wildman–Crippen MR) is 125 cm³/mol. The van der Waals surface area contributed by atoms with Gasteiger partial charge in [-0.15, -0.1) is 0 Å². The minimum absolute atomic E-state index is 0.0690. The summed E-state index contributed by atoms with van der Waals surface area (Å²) < 4.78 is 10.4. The fraction of sp³-hybridized carbons (Fsp3) is 0.280. The lowest BCUT2D eigenvalue weighted by Gasteiger charge is -2.26. The summed E-state index contributed by atoms with van der Waals surface area (Å²) in [6, 6.07) is 16.5. The second-order valence-electron chi connectivity index (χ2n) is 7.76. The Balaban J connectivity index is 1.89. The van der Waals surface area contributed by atoms with Gasteiger partial charge in [0.2, 0.25) is 0 Å². The van der Waals surface area contributed by atoms with Crippen molar-refractivity contribution >= 4 is 23.2 Å². The molecule has 0 aliphatic rings. The molecule has 0 unspecified atom stereocenters. The van der Waals surface area contributed by atoms with Crippen LogP contribution in [0.2, 0.25) is 0 Å². The Hall–Kier alpha value is -3.58. The Morgan fingerprint density at radius 2 is 1.88 bits per heavy atom. The number of carbonyl (C=O) groups is 2. The molecule has 0 aliphatic heterocycles. The molecule has 0 fully saturated rings. The molecule has 7 heteroatoms. The van der Waals surface area contributed by atoms with Crippen molar-refractivity contribution in [2.45, 2.75) is 13.5 Å². The van der Waals surface area contributed by atoms with Crippen LogP contribution in [0.15, 0.2) is 65.3 Å². The summed E-state index contributed by atoms with van der Waals surface area (Å²) in [7, 11) is 5.51. The van der Waals surface area contributed by atoms with Gasteiger partial charge in [-0.05, 0) is 55.0 Å². The number of nitrogens with one attached hydrogen (secondary N) is 1. The van der Waals surface area contributed by atoms with Gasteiger partial charge in [0.25, 0.3) is 11.8 Å². The predicted octanol–water partition coefficient (Wildman–Crippen LogP) is 4.20. The zero-order chi connectivity index (χ0) is 23.1. The van der Waals surface area contributed by atoms with Crippen LogP contribution in [0.1, 0.15) is 32.0 Å². The molecule has 2 aromatic carbocycles. The van der Waals surface area contributed by atoms with Gasteiger partial charge in [-0.3, -0.25) is 9.59 Å². The first-order chi connectivity index (χ1) is 15.4. The van der Waals surface area contributed by atoms with Crippen LogP contribution in [-0.2, 0) is 11.3 Å². The Bertz CT molecular complexity index is 1060. The SMILES string of the molecule is COCCN(Cc1cc(NC(=O)c2ccco2)ccc1N(C)C)C(=O)c1cccc(C)c1. The van der Waals surface area contributed by atoms with E-state index in [-0.39, 0.29) is 17.6 Å². The number of aryl methyl sites for hydroxylation is 1. The van der Waals surface area contributed by atoms with E-state index in [1.54, 1.807) is 24.1 Å². The molecule has 0 saturated carbocycles. The molecule has 0 atom stereocenters. The zero-order valence-electron chi connectivity index (χ0n) is 18.9. The maximum atomic E-state index is 13.3. The number of hydrogen-bond acceptors (Lipinski definition) is 5.